The highest BCUT2D eigenvalue weighted by Crippen LogP contribution is 2.01. The predicted octanol–water partition coefficient (Wildman–Crippen LogP) is 2.19. The van der Waals surface area contributed by atoms with Crippen LogP contribution in [0, 0.1) is 4.77 Å². The summed E-state index contributed by atoms with van der Waals surface area (Å²) in [5.74, 6) is 0. The molecule has 2 nitrogen and oxygen atoms in total. The van der Waals surface area contributed by atoms with E-state index in [1.54, 1.807) is 6.20 Å². The largest absolute Gasteiger partial charge is 0.321 e. The van der Waals surface area contributed by atoms with Crippen molar-refractivity contribution >= 4 is 12.2 Å². The Bertz CT molecular complexity index is 264. The first-order chi connectivity index (χ1) is 4.72. The Hall–Kier alpha value is -0.700. The van der Waals surface area contributed by atoms with E-state index >= 15 is 0 Å². The average Bonchev–Trinajstić information content (AvgIpc) is 1.88. The lowest BCUT2D eigenvalue weighted by atomic mass is 10.4. The second-order valence-corrected chi connectivity index (χ2v) is 2.77. The number of aromatic nitrogens is 2. The molecule has 0 N–H and O–H groups in total. The first-order valence-corrected chi connectivity index (χ1v) is 3.66. The number of nitrogens with zero attached hydrogens (tertiary/aromatic N) is 2. The van der Waals surface area contributed by atoms with Gasteiger partial charge in [-0.25, -0.2) is 4.98 Å². The second-order valence-electron chi connectivity index (χ2n) is 2.40. The fourth-order valence-electron chi connectivity index (χ4n) is 0.761. The van der Waals surface area contributed by atoms with E-state index in [9.17, 15) is 0 Å². The lowest BCUT2D eigenvalue weighted by Gasteiger charge is -2.07. The van der Waals surface area contributed by atoms with Crippen LogP contribution in [-0.4, -0.2) is 9.55 Å². The molecule has 0 saturated carbocycles. The van der Waals surface area contributed by atoms with Crippen molar-refractivity contribution in [3.8, 4) is 0 Å². The molecule has 0 fully saturated rings. The monoisotopic (exact) mass is 154 g/mol. The van der Waals surface area contributed by atoms with Crippen LogP contribution in [0.1, 0.15) is 19.9 Å². The molecular weight excluding hydrogens is 144 g/mol. The lowest BCUT2D eigenvalue weighted by Crippen LogP contribution is -2.02. The van der Waals surface area contributed by atoms with E-state index < -0.39 is 0 Å². The van der Waals surface area contributed by atoms with Crippen LogP contribution in [0.4, 0.5) is 0 Å². The van der Waals surface area contributed by atoms with E-state index in [1.807, 2.05) is 16.8 Å². The number of hydrogen-bond acceptors (Lipinski definition) is 2. The summed E-state index contributed by atoms with van der Waals surface area (Å²) in [6.07, 6.45) is 3.65. The van der Waals surface area contributed by atoms with E-state index in [4.69, 9.17) is 12.2 Å². The van der Waals surface area contributed by atoms with Gasteiger partial charge < -0.3 is 4.57 Å². The van der Waals surface area contributed by atoms with Crippen LogP contribution < -0.4 is 0 Å². The van der Waals surface area contributed by atoms with E-state index in [1.165, 1.54) is 0 Å². The molecule has 0 radical (unpaired) electrons. The summed E-state index contributed by atoms with van der Waals surface area (Å²) in [6, 6.07) is 2.29. The van der Waals surface area contributed by atoms with Gasteiger partial charge in [0.05, 0.1) is 0 Å². The molecule has 0 saturated heterocycles. The molecule has 1 aromatic heterocycles. The van der Waals surface area contributed by atoms with Gasteiger partial charge in [-0.05, 0) is 32.1 Å². The van der Waals surface area contributed by atoms with Gasteiger partial charge >= 0.3 is 0 Å². The minimum Gasteiger partial charge on any atom is -0.321 e. The van der Waals surface area contributed by atoms with Crippen LogP contribution in [0.2, 0.25) is 0 Å². The van der Waals surface area contributed by atoms with Gasteiger partial charge in [0, 0.05) is 18.4 Å². The maximum absolute atomic E-state index is 4.98. The Kier molecular flexibility index (Phi) is 2.17. The normalized spacial score (nSPS) is 10.3. The summed E-state index contributed by atoms with van der Waals surface area (Å²) in [6.45, 7) is 4.16. The maximum Gasteiger partial charge on any atom is 0.199 e. The lowest BCUT2D eigenvalue weighted by molar-refractivity contribution is 0.577. The molecule has 0 bridgehead atoms. The molecule has 1 heterocycles. The van der Waals surface area contributed by atoms with Crippen molar-refractivity contribution in [2.75, 3.05) is 0 Å². The molecule has 0 aliphatic carbocycles. The molecule has 0 atom stereocenters. The van der Waals surface area contributed by atoms with Crippen LogP contribution in [-0.2, 0) is 0 Å². The molecular formula is C7H10N2S. The molecule has 54 valence electrons. The van der Waals surface area contributed by atoms with Gasteiger partial charge in [0.2, 0.25) is 0 Å². The van der Waals surface area contributed by atoms with Crippen molar-refractivity contribution < 1.29 is 0 Å². The standard InChI is InChI=1S/C7H10N2S/c1-6(2)9-5-3-4-8-7(9)10/h3-6H,1-2H3. The van der Waals surface area contributed by atoms with Crippen molar-refractivity contribution in [3.63, 3.8) is 0 Å². The van der Waals surface area contributed by atoms with Crippen LogP contribution in [0.3, 0.4) is 0 Å². The molecule has 1 aromatic rings. The van der Waals surface area contributed by atoms with Gasteiger partial charge in [-0.3, -0.25) is 0 Å². The molecule has 3 heteroatoms. The van der Waals surface area contributed by atoms with Crippen LogP contribution in [0.15, 0.2) is 18.5 Å². The minimum atomic E-state index is 0.404. The fraction of sp³-hybridized carbons (Fsp3) is 0.429. The smallest absolute Gasteiger partial charge is 0.199 e. The molecule has 0 amide bonds. The first-order valence-electron chi connectivity index (χ1n) is 3.25. The van der Waals surface area contributed by atoms with E-state index in [2.05, 4.69) is 18.8 Å². The van der Waals surface area contributed by atoms with Crippen molar-refractivity contribution in [1.82, 2.24) is 9.55 Å². The molecule has 1 rings (SSSR count). The third-order valence-corrected chi connectivity index (χ3v) is 1.61. The third kappa shape index (κ3) is 1.42. The van der Waals surface area contributed by atoms with Gasteiger partial charge in [0.15, 0.2) is 4.77 Å². The Labute approximate surface area is 65.5 Å². The topological polar surface area (TPSA) is 17.8 Å². The highest BCUT2D eigenvalue weighted by atomic mass is 32.1. The first kappa shape index (κ1) is 7.41. The molecule has 10 heavy (non-hydrogen) atoms. The second kappa shape index (κ2) is 2.92. The van der Waals surface area contributed by atoms with Crippen molar-refractivity contribution in [3.05, 3.63) is 23.2 Å². The van der Waals surface area contributed by atoms with Crippen molar-refractivity contribution in [2.45, 2.75) is 19.9 Å². The summed E-state index contributed by atoms with van der Waals surface area (Å²) >= 11 is 4.98. The molecule has 0 aliphatic heterocycles. The average molecular weight is 154 g/mol. The van der Waals surface area contributed by atoms with Gasteiger partial charge in [-0.15, -0.1) is 0 Å². The Balaban J connectivity index is 3.16. The van der Waals surface area contributed by atoms with E-state index in [0.29, 0.717) is 10.8 Å². The fourth-order valence-corrected chi connectivity index (χ4v) is 1.09. The minimum absolute atomic E-state index is 0.404. The number of hydrogen-bond donors (Lipinski definition) is 0. The van der Waals surface area contributed by atoms with Gasteiger partial charge in [0.25, 0.3) is 0 Å². The quantitative estimate of drug-likeness (QED) is 0.577. The zero-order chi connectivity index (χ0) is 7.56. The zero-order valence-electron chi connectivity index (χ0n) is 6.11. The van der Waals surface area contributed by atoms with E-state index in [0.717, 1.165) is 0 Å². The van der Waals surface area contributed by atoms with Crippen molar-refractivity contribution in [2.24, 2.45) is 0 Å². The SMILES string of the molecule is CC(C)n1cccnc1=S. The van der Waals surface area contributed by atoms with Gasteiger partial charge in [0.1, 0.15) is 0 Å². The summed E-state index contributed by atoms with van der Waals surface area (Å²) in [4.78, 5) is 3.98. The summed E-state index contributed by atoms with van der Waals surface area (Å²) < 4.78 is 2.60. The molecule has 0 aromatic carbocycles. The van der Waals surface area contributed by atoms with Gasteiger partial charge in [-0.1, -0.05) is 0 Å². The maximum atomic E-state index is 4.98. The highest BCUT2D eigenvalue weighted by molar-refractivity contribution is 7.71. The van der Waals surface area contributed by atoms with Gasteiger partial charge in [-0.2, -0.15) is 0 Å². The van der Waals surface area contributed by atoms with E-state index in [-0.39, 0.29) is 0 Å². The Morgan fingerprint density at radius 1 is 1.60 bits per heavy atom. The summed E-state index contributed by atoms with van der Waals surface area (Å²) in [5.41, 5.74) is 0. The summed E-state index contributed by atoms with van der Waals surface area (Å²) in [5, 5.41) is 0. The molecule has 0 spiro atoms. The number of rotatable bonds is 1. The van der Waals surface area contributed by atoms with Crippen LogP contribution >= 0.6 is 12.2 Å². The molecule has 0 unspecified atom stereocenters. The summed E-state index contributed by atoms with van der Waals surface area (Å²) in [7, 11) is 0. The molecule has 0 aliphatic rings. The predicted molar refractivity (Wildman–Crippen MR) is 43.4 cm³/mol. The third-order valence-electron chi connectivity index (χ3n) is 1.29. The van der Waals surface area contributed by atoms with Crippen LogP contribution in [0.5, 0.6) is 0 Å². The zero-order valence-corrected chi connectivity index (χ0v) is 6.93. The Morgan fingerprint density at radius 3 is 2.70 bits per heavy atom. The van der Waals surface area contributed by atoms with Crippen LogP contribution in [0.25, 0.3) is 0 Å². The van der Waals surface area contributed by atoms with Crippen molar-refractivity contribution in [1.29, 1.82) is 0 Å². The Morgan fingerprint density at radius 2 is 2.30 bits per heavy atom. The highest BCUT2D eigenvalue weighted by Gasteiger charge is 1.94.